The molecule has 0 aliphatic carbocycles. The molecule has 1 amide bonds. The second-order valence-corrected chi connectivity index (χ2v) is 3.93. The number of ether oxygens (including phenoxy) is 1. The molecule has 1 rings (SSSR count). The Morgan fingerprint density at radius 3 is 2.75 bits per heavy atom. The Morgan fingerprint density at radius 2 is 2.15 bits per heavy atom. The smallest absolute Gasteiger partial charge is 0.325 e. The molecule has 6 heteroatoms. The topological polar surface area (TPSA) is 72.6 Å². The molecular weight excluding hydrogens is 263 g/mol. The molecule has 0 radical (unpaired) electrons. The molecular formula is C14H15FN2O3. The van der Waals surface area contributed by atoms with Crippen molar-refractivity contribution in [2.45, 2.75) is 0 Å². The van der Waals surface area contributed by atoms with Gasteiger partial charge in [-0.25, -0.2) is 4.39 Å². The number of halogens is 1. The molecule has 0 spiro atoms. The van der Waals surface area contributed by atoms with Crippen molar-refractivity contribution in [1.82, 2.24) is 4.90 Å². The summed E-state index contributed by atoms with van der Waals surface area (Å²) in [6.07, 6.45) is 0. The summed E-state index contributed by atoms with van der Waals surface area (Å²) in [6.45, 7) is -0.0986. The minimum absolute atomic E-state index is 0.0993. The van der Waals surface area contributed by atoms with Gasteiger partial charge >= 0.3 is 5.97 Å². The molecule has 0 aliphatic heterocycles. The summed E-state index contributed by atoms with van der Waals surface area (Å²) in [6, 6.07) is 3.64. The standard InChI is InChI=1S/C14H15FN2O3/c1-17(9-13(18)20-2)14(19)12-6-5-11(15)8-10(12)4-3-7-16/h5-6,8H,7,9,16H2,1-2H3. The molecule has 0 aliphatic rings. The summed E-state index contributed by atoms with van der Waals surface area (Å²) in [4.78, 5) is 24.5. The fourth-order valence-corrected chi connectivity index (χ4v) is 1.49. The molecule has 5 nitrogen and oxygen atoms in total. The van der Waals surface area contributed by atoms with E-state index in [0.29, 0.717) is 0 Å². The summed E-state index contributed by atoms with van der Waals surface area (Å²) in [7, 11) is 2.68. The van der Waals surface area contributed by atoms with Crippen molar-refractivity contribution in [3.05, 3.63) is 35.1 Å². The van der Waals surface area contributed by atoms with Crippen LogP contribution >= 0.6 is 0 Å². The van der Waals surface area contributed by atoms with Crippen LogP contribution in [0.15, 0.2) is 18.2 Å². The van der Waals surface area contributed by atoms with Crippen molar-refractivity contribution in [3.8, 4) is 11.8 Å². The van der Waals surface area contributed by atoms with Crippen molar-refractivity contribution >= 4 is 11.9 Å². The second kappa shape index (κ2) is 7.26. The van der Waals surface area contributed by atoms with Crippen molar-refractivity contribution in [2.75, 3.05) is 27.2 Å². The fraction of sp³-hybridized carbons (Fsp3) is 0.286. The third kappa shape index (κ3) is 4.07. The molecule has 106 valence electrons. The quantitative estimate of drug-likeness (QED) is 0.641. The van der Waals surface area contributed by atoms with E-state index in [9.17, 15) is 14.0 Å². The predicted octanol–water partition coefficient (Wildman–Crippen LogP) is 0.381. The fourth-order valence-electron chi connectivity index (χ4n) is 1.49. The maximum atomic E-state index is 13.2. The number of carbonyl (C=O) groups excluding carboxylic acids is 2. The van der Waals surface area contributed by atoms with E-state index in [1.54, 1.807) is 0 Å². The van der Waals surface area contributed by atoms with Gasteiger partial charge in [-0.3, -0.25) is 9.59 Å². The van der Waals surface area contributed by atoms with Crippen LogP contribution in [0.3, 0.4) is 0 Å². The summed E-state index contributed by atoms with van der Waals surface area (Å²) in [5.41, 5.74) is 5.70. The largest absolute Gasteiger partial charge is 0.468 e. The van der Waals surface area contributed by atoms with Gasteiger partial charge in [0.2, 0.25) is 0 Å². The highest BCUT2D eigenvalue weighted by Gasteiger charge is 2.18. The van der Waals surface area contributed by atoms with Gasteiger partial charge in [0, 0.05) is 12.6 Å². The van der Waals surface area contributed by atoms with Gasteiger partial charge in [-0.05, 0) is 18.2 Å². The minimum Gasteiger partial charge on any atom is -0.468 e. The monoisotopic (exact) mass is 278 g/mol. The number of hydrogen-bond donors (Lipinski definition) is 1. The predicted molar refractivity (Wildman–Crippen MR) is 71.3 cm³/mol. The molecule has 0 unspecified atom stereocenters. The molecule has 0 saturated carbocycles. The molecule has 0 aromatic heterocycles. The average molecular weight is 278 g/mol. The van der Waals surface area contributed by atoms with Crippen LogP contribution in [0.5, 0.6) is 0 Å². The first-order valence-electron chi connectivity index (χ1n) is 5.80. The van der Waals surface area contributed by atoms with E-state index in [-0.39, 0.29) is 24.2 Å². The van der Waals surface area contributed by atoms with Gasteiger partial charge < -0.3 is 15.4 Å². The number of carbonyl (C=O) groups is 2. The first-order valence-corrected chi connectivity index (χ1v) is 5.80. The molecule has 0 heterocycles. The maximum absolute atomic E-state index is 13.2. The third-order valence-corrected chi connectivity index (χ3v) is 2.48. The Kier molecular flexibility index (Phi) is 5.69. The van der Waals surface area contributed by atoms with E-state index < -0.39 is 17.7 Å². The number of benzene rings is 1. The zero-order valence-electron chi connectivity index (χ0n) is 11.3. The number of amides is 1. The van der Waals surface area contributed by atoms with E-state index in [4.69, 9.17) is 5.73 Å². The molecule has 0 atom stereocenters. The Labute approximate surface area is 116 Å². The van der Waals surface area contributed by atoms with Gasteiger partial charge in [-0.15, -0.1) is 0 Å². The highest BCUT2D eigenvalue weighted by Crippen LogP contribution is 2.12. The Balaban J connectivity index is 3.05. The molecule has 1 aromatic rings. The lowest BCUT2D eigenvalue weighted by Gasteiger charge is -2.16. The first-order chi connectivity index (χ1) is 9.49. The van der Waals surface area contributed by atoms with Gasteiger partial charge in [0.25, 0.3) is 5.91 Å². The van der Waals surface area contributed by atoms with Crippen LogP contribution in [0.2, 0.25) is 0 Å². The highest BCUT2D eigenvalue weighted by atomic mass is 19.1. The summed E-state index contributed by atoms with van der Waals surface area (Å²) in [5.74, 6) is 3.71. The Hall–Kier alpha value is -2.39. The Bertz CT molecular complexity index is 576. The molecule has 0 saturated heterocycles. The van der Waals surface area contributed by atoms with E-state index in [1.807, 2.05) is 0 Å². The molecule has 20 heavy (non-hydrogen) atoms. The van der Waals surface area contributed by atoms with Gasteiger partial charge in [0.1, 0.15) is 12.4 Å². The van der Waals surface area contributed by atoms with Crippen LogP contribution in [-0.4, -0.2) is 44.0 Å². The van der Waals surface area contributed by atoms with E-state index in [0.717, 1.165) is 12.1 Å². The van der Waals surface area contributed by atoms with Crippen LogP contribution < -0.4 is 5.73 Å². The summed E-state index contributed by atoms with van der Waals surface area (Å²) < 4.78 is 17.7. The normalized spacial score (nSPS) is 9.40. The maximum Gasteiger partial charge on any atom is 0.325 e. The van der Waals surface area contributed by atoms with Crippen molar-refractivity contribution in [3.63, 3.8) is 0 Å². The minimum atomic E-state index is -0.544. The third-order valence-electron chi connectivity index (χ3n) is 2.48. The Morgan fingerprint density at radius 1 is 1.45 bits per heavy atom. The molecule has 0 fully saturated rings. The van der Waals surface area contributed by atoms with Crippen LogP contribution in [0.4, 0.5) is 4.39 Å². The second-order valence-electron chi connectivity index (χ2n) is 3.93. The van der Waals surface area contributed by atoms with E-state index in [2.05, 4.69) is 16.6 Å². The number of nitrogens with two attached hydrogens (primary N) is 1. The van der Waals surface area contributed by atoms with Gasteiger partial charge in [-0.2, -0.15) is 0 Å². The number of rotatable bonds is 3. The SMILES string of the molecule is COC(=O)CN(C)C(=O)c1ccc(F)cc1C#CCN. The van der Waals surface area contributed by atoms with Gasteiger partial charge in [0.05, 0.1) is 19.2 Å². The lowest BCUT2D eigenvalue weighted by Crippen LogP contribution is -2.33. The number of hydrogen-bond acceptors (Lipinski definition) is 4. The lowest BCUT2D eigenvalue weighted by atomic mass is 10.1. The van der Waals surface area contributed by atoms with Crippen molar-refractivity contribution < 1.29 is 18.7 Å². The number of likely N-dealkylation sites (N-methyl/N-ethyl adjacent to an activating group) is 1. The van der Waals surface area contributed by atoms with E-state index >= 15 is 0 Å². The lowest BCUT2D eigenvalue weighted by molar-refractivity contribution is -0.141. The van der Waals surface area contributed by atoms with Crippen molar-refractivity contribution in [2.24, 2.45) is 5.73 Å². The summed E-state index contributed by atoms with van der Waals surface area (Å²) >= 11 is 0. The van der Waals surface area contributed by atoms with Crippen LogP contribution in [0.25, 0.3) is 0 Å². The van der Waals surface area contributed by atoms with Crippen molar-refractivity contribution in [1.29, 1.82) is 0 Å². The number of esters is 1. The van der Waals surface area contributed by atoms with Gasteiger partial charge in [0.15, 0.2) is 0 Å². The first kappa shape index (κ1) is 15.7. The highest BCUT2D eigenvalue weighted by molar-refractivity contribution is 5.98. The van der Waals surface area contributed by atoms with Crippen LogP contribution in [0.1, 0.15) is 15.9 Å². The molecule has 1 aromatic carbocycles. The molecule has 2 N–H and O–H groups in total. The zero-order valence-corrected chi connectivity index (χ0v) is 11.3. The van der Waals surface area contributed by atoms with E-state index in [1.165, 1.54) is 25.1 Å². The zero-order chi connectivity index (χ0) is 15.1. The summed E-state index contributed by atoms with van der Waals surface area (Å²) in [5, 5.41) is 0. The average Bonchev–Trinajstić information content (AvgIpc) is 2.44. The number of methoxy groups -OCH3 is 1. The van der Waals surface area contributed by atoms with Crippen LogP contribution in [-0.2, 0) is 9.53 Å². The molecule has 0 bridgehead atoms. The van der Waals surface area contributed by atoms with Crippen LogP contribution in [0, 0.1) is 17.7 Å². The van der Waals surface area contributed by atoms with Gasteiger partial charge in [-0.1, -0.05) is 11.8 Å². The number of nitrogens with zero attached hydrogens (tertiary/aromatic N) is 1.